The topological polar surface area (TPSA) is 112 Å². The number of ether oxygens (including phenoxy) is 1. The number of urea groups is 1. The van der Waals surface area contributed by atoms with Crippen LogP contribution in [0, 0.1) is 12.8 Å². The molecule has 4 aliphatic rings. The number of aryl methyl sites for hydroxylation is 1. The normalized spacial score (nSPS) is 27.1. The average molecular weight is 560 g/mol. The highest BCUT2D eigenvalue weighted by Gasteiger charge is 2.52. The van der Waals surface area contributed by atoms with Crippen LogP contribution in [0.4, 0.5) is 10.5 Å². The van der Waals surface area contributed by atoms with Crippen molar-refractivity contribution in [2.24, 2.45) is 5.92 Å². The van der Waals surface area contributed by atoms with Gasteiger partial charge in [-0.25, -0.2) is 4.79 Å². The maximum Gasteiger partial charge on any atom is 0.326 e. The van der Waals surface area contributed by atoms with Crippen LogP contribution in [0.3, 0.4) is 0 Å². The van der Waals surface area contributed by atoms with Crippen LogP contribution in [0.5, 0.6) is 11.5 Å². The van der Waals surface area contributed by atoms with Crippen molar-refractivity contribution in [1.82, 2.24) is 21.3 Å². The van der Waals surface area contributed by atoms with Crippen molar-refractivity contribution in [3.05, 3.63) is 77.4 Å². The molecule has 1 aliphatic carbocycles. The molecule has 0 radical (unpaired) electrons. The number of carbonyl (C=O) groups excluding carboxylic acids is 3. The summed E-state index contributed by atoms with van der Waals surface area (Å²) in [5.41, 5.74) is 2.46. The monoisotopic (exact) mass is 559 g/mol. The highest BCUT2D eigenvalue weighted by Crippen LogP contribution is 2.48. The van der Waals surface area contributed by atoms with Gasteiger partial charge in [0.2, 0.25) is 5.91 Å². The van der Waals surface area contributed by atoms with E-state index < -0.39 is 0 Å². The maximum absolute atomic E-state index is 13.6. The quantitative estimate of drug-likeness (QED) is 0.383. The van der Waals surface area contributed by atoms with Gasteiger partial charge in [-0.1, -0.05) is 36.5 Å². The second kappa shape index (κ2) is 11.0. The molecule has 4 amide bonds. The van der Waals surface area contributed by atoms with Crippen LogP contribution in [-0.4, -0.2) is 47.9 Å². The Morgan fingerprint density at radius 1 is 1.07 bits per heavy atom. The zero-order valence-corrected chi connectivity index (χ0v) is 23.1. The van der Waals surface area contributed by atoms with Crippen LogP contribution in [0.25, 0.3) is 0 Å². The van der Waals surface area contributed by atoms with Gasteiger partial charge in [0, 0.05) is 29.4 Å². The van der Waals surface area contributed by atoms with Crippen molar-refractivity contribution in [1.29, 1.82) is 0 Å². The molecule has 1 saturated carbocycles. The molecule has 40 heavy (non-hydrogen) atoms. The van der Waals surface area contributed by atoms with E-state index in [4.69, 9.17) is 4.74 Å². The summed E-state index contributed by atoms with van der Waals surface area (Å²) in [4.78, 5) is 41.4. The molecule has 6 rings (SSSR count). The minimum Gasteiger partial charge on any atom is -0.457 e. The van der Waals surface area contributed by atoms with Crippen LogP contribution in [0.15, 0.2) is 71.8 Å². The Kier molecular flexibility index (Phi) is 7.29. The van der Waals surface area contributed by atoms with E-state index >= 15 is 0 Å². The zero-order valence-electron chi connectivity index (χ0n) is 22.3. The van der Waals surface area contributed by atoms with Gasteiger partial charge in [-0.15, -0.1) is 0 Å². The fraction of sp³-hybridized carbons (Fsp3) is 0.367. The second-order valence-corrected chi connectivity index (χ2v) is 11.8. The Balaban J connectivity index is 1.22. The Morgan fingerprint density at radius 3 is 2.60 bits per heavy atom. The highest BCUT2D eigenvalue weighted by atomic mass is 32.2. The third-order valence-electron chi connectivity index (χ3n) is 8.10. The number of rotatable bonds is 7. The molecule has 2 saturated heterocycles. The summed E-state index contributed by atoms with van der Waals surface area (Å²) >= 11 is 1.48. The lowest BCUT2D eigenvalue weighted by Crippen LogP contribution is -2.62. The number of para-hydroxylation sites is 1. The van der Waals surface area contributed by atoms with E-state index in [0.29, 0.717) is 16.4 Å². The molecule has 0 bridgehead atoms. The molecule has 3 heterocycles. The van der Waals surface area contributed by atoms with E-state index in [9.17, 15) is 14.4 Å². The molecule has 2 aromatic rings. The molecule has 3 aliphatic heterocycles. The van der Waals surface area contributed by atoms with E-state index in [-0.39, 0.29) is 47.3 Å². The van der Waals surface area contributed by atoms with Crippen molar-refractivity contribution in [3.63, 3.8) is 0 Å². The number of piperidine rings is 1. The average Bonchev–Trinajstić information content (AvgIpc) is 3.55. The van der Waals surface area contributed by atoms with Gasteiger partial charge < -0.3 is 26.0 Å². The summed E-state index contributed by atoms with van der Waals surface area (Å²) in [5.74, 6) is 0.973. The van der Waals surface area contributed by atoms with Crippen LogP contribution in [0.1, 0.15) is 31.2 Å². The van der Waals surface area contributed by atoms with Crippen molar-refractivity contribution in [2.45, 2.75) is 56.1 Å². The molecule has 9 nitrogen and oxygen atoms in total. The van der Waals surface area contributed by atoms with E-state index in [2.05, 4.69) is 27.8 Å². The van der Waals surface area contributed by atoms with E-state index in [1.54, 1.807) is 0 Å². The number of hydrogen-bond acceptors (Lipinski definition) is 6. The zero-order chi connectivity index (χ0) is 27.8. The van der Waals surface area contributed by atoms with Crippen molar-refractivity contribution in [2.75, 3.05) is 11.4 Å². The molecule has 208 valence electrons. The lowest BCUT2D eigenvalue weighted by atomic mass is 9.86. The molecular formula is C30H33N5O4S. The van der Waals surface area contributed by atoms with Gasteiger partial charge in [-0.05, 0) is 81.1 Å². The number of nitrogens with zero attached hydrogens (tertiary/aromatic N) is 1. The third-order valence-corrected chi connectivity index (χ3v) is 9.45. The van der Waals surface area contributed by atoms with Crippen molar-refractivity contribution < 1.29 is 19.1 Å². The molecular weight excluding hydrogens is 526 g/mol. The standard InChI is InChI=1S/C30H33N5O4S/c1-3-24(36)32-20-10-7-11-21(20)33-28(37)27-26-25-23(14-15-31-29(25)40-27)35(30(38)34-26)22-13-12-19(16-17(22)2)39-18-8-5-4-6-9-18/h3-6,8-9,12-13,16,20-21,23,25,29,31H,1,7,10-11,14-15H2,2H3,(H,32,36)(H,33,37)(H,34,38)/t20-,21-,23?,25?,29?/m0/s1. The van der Waals surface area contributed by atoms with Crippen LogP contribution in [0.2, 0.25) is 0 Å². The summed E-state index contributed by atoms with van der Waals surface area (Å²) in [6.45, 7) is 6.25. The first kappa shape index (κ1) is 26.5. The highest BCUT2D eigenvalue weighted by molar-refractivity contribution is 8.04. The summed E-state index contributed by atoms with van der Waals surface area (Å²) < 4.78 is 6.00. The SMILES string of the molecule is C=CC(=O)N[C@H]1CCC[C@@H]1NC(=O)C1=C2NC(=O)N(c3ccc(Oc4ccccc4)cc3C)C3CCNC(S1)C23. The number of anilines is 1. The van der Waals surface area contributed by atoms with E-state index in [1.807, 2.05) is 60.4 Å². The van der Waals surface area contributed by atoms with Gasteiger partial charge in [-0.2, -0.15) is 0 Å². The number of carbonyl (C=O) groups is 3. The lowest BCUT2D eigenvalue weighted by Gasteiger charge is -2.46. The summed E-state index contributed by atoms with van der Waals surface area (Å²) in [7, 11) is 0. The van der Waals surface area contributed by atoms with Gasteiger partial charge in [-0.3, -0.25) is 14.5 Å². The molecule has 4 N–H and O–H groups in total. The summed E-state index contributed by atoms with van der Waals surface area (Å²) in [6, 6.07) is 14.8. The third kappa shape index (κ3) is 4.97. The number of nitrogens with one attached hydrogen (secondary N) is 4. The minimum absolute atomic E-state index is 0.0153. The maximum atomic E-state index is 13.6. The molecule has 5 atom stereocenters. The predicted molar refractivity (Wildman–Crippen MR) is 155 cm³/mol. The number of thioether (sulfide) groups is 1. The second-order valence-electron chi connectivity index (χ2n) is 10.6. The first-order valence-corrected chi connectivity index (χ1v) is 14.6. The molecule has 2 aromatic carbocycles. The Morgan fingerprint density at radius 2 is 1.85 bits per heavy atom. The predicted octanol–water partition coefficient (Wildman–Crippen LogP) is 3.92. The smallest absolute Gasteiger partial charge is 0.326 e. The van der Waals surface area contributed by atoms with Gasteiger partial charge >= 0.3 is 6.03 Å². The van der Waals surface area contributed by atoms with Gasteiger partial charge in [0.25, 0.3) is 5.91 Å². The fourth-order valence-corrected chi connectivity index (χ4v) is 7.67. The van der Waals surface area contributed by atoms with Gasteiger partial charge in [0.1, 0.15) is 11.5 Å². The molecule has 0 aromatic heterocycles. The Bertz CT molecular complexity index is 1380. The van der Waals surface area contributed by atoms with Crippen LogP contribution >= 0.6 is 11.8 Å². The number of amides is 4. The van der Waals surface area contributed by atoms with Crippen molar-refractivity contribution >= 4 is 35.3 Å². The molecule has 10 heteroatoms. The van der Waals surface area contributed by atoms with Gasteiger partial charge in [0.05, 0.1) is 16.3 Å². The first-order valence-electron chi connectivity index (χ1n) is 13.7. The first-order chi connectivity index (χ1) is 19.4. The van der Waals surface area contributed by atoms with Crippen LogP contribution in [-0.2, 0) is 9.59 Å². The molecule has 3 fully saturated rings. The molecule has 0 spiro atoms. The van der Waals surface area contributed by atoms with Crippen molar-refractivity contribution in [3.8, 4) is 11.5 Å². The summed E-state index contributed by atoms with van der Waals surface area (Å²) in [5, 5.41) is 12.7. The van der Waals surface area contributed by atoms with Crippen LogP contribution < -0.4 is 30.9 Å². The van der Waals surface area contributed by atoms with Gasteiger partial charge in [0.15, 0.2) is 0 Å². The lowest BCUT2D eigenvalue weighted by molar-refractivity contribution is -0.119. The Labute approximate surface area is 237 Å². The fourth-order valence-electron chi connectivity index (χ4n) is 6.27. The number of hydrogen-bond donors (Lipinski definition) is 4. The molecule has 3 unspecified atom stereocenters. The summed E-state index contributed by atoms with van der Waals surface area (Å²) in [6.07, 6.45) is 4.53. The minimum atomic E-state index is -0.240. The number of benzene rings is 2. The van der Waals surface area contributed by atoms with E-state index in [1.165, 1.54) is 17.8 Å². The largest absolute Gasteiger partial charge is 0.457 e. The van der Waals surface area contributed by atoms with E-state index in [0.717, 1.165) is 49.2 Å². The Hall–Kier alpha value is -3.76.